The molecule has 1 fully saturated rings. The van der Waals surface area contributed by atoms with E-state index in [-0.39, 0.29) is 0 Å². The summed E-state index contributed by atoms with van der Waals surface area (Å²) >= 11 is 0. The second-order valence-corrected chi connectivity index (χ2v) is 5.21. The molecule has 20 heavy (non-hydrogen) atoms. The van der Waals surface area contributed by atoms with E-state index in [0.29, 0.717) is 29.7 Å². The van der Waals surface area contributed by atoms with E-state index in [4.69, 9.17) is 9.47 Å². The molecule has 7 nitrogen and oxygen atoms in total. The molecular formula is C13H24N5O2+. The molecule has 1 aromatic heterocycles. The second-order valence-electron chi connectivity index (χ2n) is 5.21. The number of hydrogen-bond acceptors (Lipinski definition) is 6. The Bertz CT molecular complexity index is 422. The Morgan fingerprint density at radius 1 is 1.00 bits per heavy atom. The lowest BCUT2D eigenvalue weighted by atomic mass is 10.3. The van der Waals surface area contributed by atoms with E-state index in [0.717, 1.165) is 32.1 Å². The number of hydrogen-bond donors (Lipinski definition) is 0. The molecule has 0 atom stereocenters. The third kappa shape index (κ3) is 3.34. The van der Waals surface area contributed by atoms with Gasteiger partial charge in [-0.1, -0.05) is 0 Å². The molecule has 0 amide bonds. The first-order chi connectivity index (χ1) is 9.57. The lowest BCUT2D eigenvalue weighted by Gasteiger charge is -2.38. The number of piperazine rings is 1. The van der Waals surface area contributed by atoms with E-state index in [1.165, 1.54) is 0 Å². The lowest BCUT2D eigenvalue weighted by Crippen LogP contribution is -2.58. The van der Waals surface area contributed by atoms with Crippen LogP contribution in [-0.4, -0.2) is 73.3 Å². The Hall–Kier alpha value is -1.47. The summed E-state index contributed by atoms with van der Waals surface area (Å²) in [5, 5.41) is 0. The van der Waals surface area contributed by atoms with Crippen LogP contribution in [0.15, 0.2) is 0 Å². The van der Waals surface area contributed by atoms with Gasteiger partial charge >= 0.3 is 18.0 Å². The molecule has 0 aliphatic carbocycles. The third-order valence-electron chi connectivity index (χ3n) is 3.56. The van der Waals surface area contributed by atoms with Crippen LogP contribution in [0.25, 0.3) is 0 Å². The van der Waals surface area contributed by atoms with Gasteiger partial charge in [0.15, 0.2) is 0 Å². The van der Waals surface area contributed by atoms with Gasteiger partial charge in [-0.3, -0.25) is 9.38 Å². The number of quaternary nitrogens is 1. The van der Waals surface area contributed by atoms with Crippen LogP contribution in [0.4, 0.5) is 5.95 Å². The highest BCUT2D eigenvalue weighted by atomic mass is 16.5. The van der Waals surface area contributed by atoms with Crippen molar-refractivity contribution < 1.29 is 9.47 Å². The summed E-state index contributed by atoms with van der Waals surface area (Å²) in [6.45, 7) is 8.87. The number of aromatic nitrogens is 3. The number of likely N-dealkylation sites (N-methyl/N-ethyl adjacent to an activating group) is 2. The van der Waals surface area contributed by atoms with E-state index in [2.05, 4.69) is 33.9 Å². The summed E-state index contributed by atoms with van der Waals surface area (Å²) in [5.74, 6) is 0.722. The minimum atomic E-state index is 0.347. The topological polar surface area (TPSA) is 60.4 Å². The van der Waals surface area contributed by atoms with Gasteiger partial charge in [-0.05, 0) is 20.9 Å². The van der Waals surface area contributed by atoms with Crippen LogP contribution >= 0.6 is 0 Å². The SMILES string of the molecule is CCOc1nc(OCC)nc([N+]2(C)CCN(C)CC2)n1. The largest absolute Gasteiger partial charge is 0.463 e. The average Bonchev–Trinajstić information content (AvgIpc) is 2.43. The van der Waals surface area contributed by atoms with Gasteiger partial charge in [-0.15, -0.1) is 15.0 Å². The van der Waals surface area contributed by atoms with E-state index < -0.39 is 0 Å². The molecule has 112 valence electrons. The van der Waals surface area contributed by atoms with Crippen LogP contribution in [0.1, 0.15) is 13.8 Å². The van der Waals surface area contributed by atoms with Gasteiger partial charge in [-0.2, -0.15) is 0 Å². The molecule has 1 aromatic rings. The Balaban J connectivity index is 2.29. The smallest absolute Gasteiger partial charge is 0.338 e. The molecule has 1 saturated heterocycles. The van der Waals surface area contributed by atoms with Crippen LogP contribution in [0.2, 0.25) is 0 Å². The average molecular weight is 282 g/mol. The minimum Gasteiger partial charge on any atom is -0.463 e. The highest BCUT2D eigenvalue weighted by Gasteiger charge is 2.34. The summed E-state index contributed by atoms with van der Waals surface area (Å²) in [4.78, 5) is 15.4. The van der Waals surface area contributed by atoms with Crippen molar-refractivity contribution >= 4 is 5.95 Å². The van der Waals surface area contributed by atoms with Crippen LogP contribution in [0.5, 0.6) is 12.0 Å². The molecule has 2 rings (SSSR count). The lowest BCUT2D eigenvalue weighted by molar-refractivity contribution is 0.171. The first kappa shape index (κ1) is 14.9. The Morgan fingerprint density at radius 3 is 1.95 bits per heavy atom. The van der Waals surface area contributed by atoms with Gasteiger partial charge in [-0.25, -0.2) is 0 Å². The van der Waals surface area contributed by atoms with E-state index in [1.807, 2.05) is 13.8 Å². The van der Waals surface area contributed by atoms with Crippen molar-refractivity contribution in [3.8, 4) is 12.0 Å². The first-order valence-electron chi connectivity index (χ1n) is 7.12. The fraction of sp³-hybridized carbons (Fsp3) is 0.769. The fourth-order valence-corrected chi connectivity index (χ4v) is 2.16. The molecule has 0 aromatic carbocycles. The number of ether oxygens (including phenoxy) is 2. The van der Waals surface area contributed by atoms with Crippen molar-refractivity contribution in [2.45, 2.75) is 13.8 Å². The standard InChI is InChI=1S/C13H24N5O2/c1-5-19-12-14-11(15-13(16-12)20-6-2)18(4)9-7-17(3)8-10-18/h5-10H2,1-4H3/q+1. The van der Waals surface area contributed by atoms with Crippen molar-refractivity contribution in [3.05, 3.63) is 0 Å². The zero-order valence-electron chi connectivity index (χ0n) is 12.8. The Morgan fingerprint density at radius 2 is 1.50 bits per heavy atom. The van der Waals surface area contributed by atoms with Crippen molar-refractivity contribution in [1.29, 1.82) is 0 Å². The number of rotatable bonds is 5. The van der Waals surface area contributed by atoms with Gasteiger partial charge in [0.25, 0.3) is 0 Å². The highest BCUT2D eigenvalue weighted by molar-refractivity contribution is 5.28. The van der Waals surface area contributed by atoms with Crippen LogP contribution in [-0.2, 0) is 0 Å². The molecule has 0 unspecified atom stereocenters. The van der Waals surface area contributed by atoms with Crippen LogP contribution in [0, 0.1) is 0 Å². The van der Waals surface area contributed by atoms with Crippen LogP contribution in [0.3, 0.4) is 0 Å². The maximum atomic E-state index is 5.43. The Labute approximate surface area is 120 Å². The highest BCUT2D eigenvalue weighted by Crippen LogP contribution is 2.22. The predicted octanol–water partition coefficient (Wildman–Crippen LogP) is 0.552. The summed E-state index contributed by atoms with van der Waals surface area (Å²) in [6, 6.07) is 0.693. The normalized spacial score (nSPS) is 18.8. The molecule has 0 N–H and O–H groups in total. The fourth-order valence-electron chi connectivity index (χ4n) is 2.16. The quantitative estimate of drug-likeness (QED) is 0.735. The van der Waals surface area contributed by atoms with E-state index in [1.54, 1.807) is 0 Å². The maximum Gasteiger partial charge on any atom is 0.338 e. The molecule has 2 heterocycles. The zero-order chi connectivity index (χ0) is 14.6. The summed E-state index contributed by atoms with van der Waals surface area (Å²) in [6.07, 6.45) is 0. The van der Waals surface area contributed by atoms with Crippen molar-refractivity contribution in [2.75, 3.05) is 53.5 Å². The molecule has 1 aliphatic rings. The maximum absolute atomic E-state index is 5.43. The minimum absolute atomic E-state index is 0.347. The molecule has 7 heteroatoms. The van der Waals surface area contributed by atoms with Gasteiger partial charge in [0.1, 0.15) is 0 Å². The molecular weight excluding hydrogens is 258 g/mol. The predicted molar refractivity (Wildman–Crippen MR) is 77.1 cm³/mol. The second kappa shape index (κ2) is 6.32. The van der Waals surface area contributed by atoms with Gasteiger partial charge < -0.3 is 9.47 Å². The Kier molecular flexibility index (Phi) is 4.72. The van der Waals surface area contributed by atoms with Gasteiger partial charge in [0, 0.05) is 13.1 Å². The van der Waals surface area contributed by atoms with Crippen molar-refractivity contribution in [3.63, 3.8) is 0 Å². The van der Waals surface area contributed by atoms with Crippen molar-refractivity contribution in [2.24, 2.45) is 0 Å². The van der Waals surface area contributed by atoms with E-state index >= 15 is 0 Å². The molecule has 1 aliphatic heterocycles. The number of nitrogens with zero attached hydrogens (tertiary/aromatic N) is 5. The first-order valence-corrected chi connectivity index (χ1v) is 7.12. The molecule has 0 saturated carbocycles. The van der Waals surface area contributed by atoms with Gasteiger partial charge in [0.05, 0.1) is 33.4 Å². The van der Waals surface area contributed by atoms with Crippen LogP contribution < -0.4 is 14.0 Å². The monoisotopic (exact) mass is 282 g/mol. The summed E-state index contributed by atoms with van der Waals surface area (Å²) < 4.78 is 11.5. The molecule has 0 bridgehead atoms. The zero-order valence-corrected chi connectivity index (χ0v) is 12.8. The molecule has 0 radical (unpaired) electrons. The summed E-state index contributed by atoms with van der Waals surface area (Å²) in [5.41, 5.74) is 0. The summed E-state index contributed by atoms with van der Waals surface area (Å²) in [7, 11) is 4.28. The van der Waals surface area contributed by atoms with Gasteiger partial charge in [0.2, 0.25) is 0 Å². The van der Waals surface area contributed by atoms with E-state index in [9.17, 15) is 0 Å². The molecule has 0 spiro atoms. The third-order valence-corrected chi connectivity index (χ3v) is 3.56. The van der Waals surface area contributed by atoms with Crippen molar-refractivity contribution in [1.82, 2.24) is 24.3 Å².